The van der Waals surface area contributed by atoms with Crippen LogP contribution in [0.5, 0.6) is 0 Å². The first-order valence-electron chi connectivity index (χ1n) is 29.5. The smallest absolute Gasteiger partial charge is 0.199 e. The number of amidine groups is 3. The predicted molar refractivity (Wildman–Crippen MR) is 382 cm³/mol. The molecule has 4 fully saturated rings. The Balaban J connectivity index is 0.000000221. The van der Waals surface area contributed by atoms with Crippen LogP contribution in [-0.2, 0) is 40.2 Å². The van der Waals surface area contributed by atoms with Gasteiger partial charge in [0.15, 0.2) is 46.6 Å². The highest BCUT2D eigenvalue weighted by Crippen LogP contribution is 2.44. The summed E-state index contributed by atoms with van der Waals surface area (Å²) in [7, 11) is 6.35. The third-order valence-electron chi connectivity index (χ3n) is 15.7. The van der Waals surface area contributed by atoms with Gasteiger partial charge in [-0.15, -0.1) is 52.7 Å². The number of aliphatic hydroxyl groups is 7. The summed E-state index contributed by atoms with van der Waals surface area (Å²) < 4.78 is 42.4. The third kappa shape index (κ3) is 21.2. The predicted octanol–water partition coefficient (Wildman–Crippen LogP) is 3.61. The molecule has 16 atom stereocenters. The van der Waals surface area contributed by atoms with Crippen molar-refractivity contribution in [3.05, 3.63) is 94.0 Å². The van der Waals surface area contributed by atoms with E-state index < -0.39 is 113 Å². The van der Waals surface area contributed by atoms with E-state index in [1.807, 2.05) is 20.2 Å². The van der Waals surface area contributed by atoms with E-state index >= 15 is 0 Å². The van der Waals surface area contributed by atoms with Crippen molar-refractivity contribution in [1.82, 2.24) is 24.3 Å². The lowest BCUT2D eigenvalue weighted by atomic mass is 10.0. The van der Waals surface area contributed by atoms with Crippen molar-refractivity contribution in [1.29, 1.82) is 0 Å². The van der Waals surface area contributed by atoms with Crippen molar-refractivity contribution in [2.45, 2.75) is 131 Å². The first kappa shape index (κ1) is 78.0. The number of ether oxygens (including phenoxy) is 7. The Bertz CT molecular complexity index is 3250. The van der Waals surface area contributed by atoms with Crippen molar-refractivity contribution in [2.75, 3.05) is 99.3 Å². The molecule has 0 radical (unpaired) electrons. The van der Waals surface area contributed by atoms with Gasteiger partial charge < -0.3 is 105 Å². The molecule has 1 aromatic rings. The molecular formula is C60H102BrN11O14P4S. The number of nitrogens with two attached hydrogens (primary N) is 3. The summed E-state index contributed by atoms with van der Waals surface area (Å²) in [6.45, 7) is 25.7. The fourth-order valence-electron chi connectivity index (χ4n) is 10.4. The maximum Gasteiger partial charge on any atom is 0.199 e. The standard InChI is InChI=1S/C16H28N3O4P.C15H26N3O4P.C15H25N2O3PS.C14H23BrN3O3P/c1-10-18-15(17)12(21-2)9-19(10)16-14(22-3)13(20)11(23-16)7-8-24(4,5)6;1-9-17-14(16)11(21-2)8-18(9)15-13(20)12(19)10(22-15)6-7-23(3,4)5;1-9-10(8-17(2)15(22)16-9)14-13(19)12(18)11(20-14)6-7-21(3,4)5;1-8-17-13(16)9(15)7-18(8)14-12(20)11(19)10(21-14)5-6-22(2,3)4/h9,11,13-14,16,20H,1,4,7-8H2,2-3,5-6H3,(H2,17,18);8,10,12-13,15,19-20H,1,3,6-7H2,2,4-5H3,(H2,16,17);8,11-14,18-19H,3,6-7H2,1-2,4-5H3;7,10-12,14,19-20H,1-2,5-6H2,3-4H3,(H2,16,17)/t11-,13-,14-,16-;10-,12-,13-,15-;11-,12-,13-,14+;10-,11-,12-,14-/m1111/s1. The van der Waals surface area contributed by atoms with Crippen molar-refractivity contribution in [3.63, 3.8) is 0 Å². The Labute approximate surface area is 551 Å². The average Bonchev–Trinajstić information content (AvgIpc) is 1.91. The second-order valence-electron chi connectivity index (χ2n) is 26.2. The summed E-state index contributed by atoms with van der Waals surface area (Å²) in [4.78, 5) is 21.5. The lowest BCUT2D eigenvalue weighted by Crippen LogP contribution is -2.43. The first-order valence-corrected chi connectivity index (χ1v) is 42.9. The number of hydrogen-bond acceptors (Lipinski definition) is 25. The van der Waals surface area contributed by atoms with Crippen LogP contribution in [0.3, 0.4) is 0 Å². The quantitative estimate of drug-likeness (QED) is 0.0698. The number of halogens is 1. The second-order valence-corrected chi connectivity index (χ2v) is 44.7. The highest BCUT2D eigenvalue weighted by molar-refractivity contribution is 9.12. The summed E-state index contributed by atoms with van der Waals surface area (Å²) in [6, 6.07) is 0. The van der Waals surface area contributed by atoms with Crippen LogP contribution >= 0.6 is 55.7 Å². The van der Waals surface area contributed by atoms with E-state index in [-0.39, 0.29) is 23.9 Å². The molecule has 4 saturated heterocycles. The Morgan fingerprint density at radius 2 is 0.879 bits per heavy atom. The number of aliphatic hydroxyl groups excluding tert-OH is 7. The molecule has 0 aromatic carbocycles. The van der Waals surface area contributed by atoms with Crippen molar-refractivity contribution in [3.8, 4) is 0 Å². The van der Waals surface area contributed by atoms with Crippen molar-refractivity contribution < 1.29 is 68.9 Å². The van der Waals surface area contributed by atoms with E-state index in [1.54, 1.807) is 40.1 Å². The molecule has 0 aliphatic carbocycles. The Morgan fingerprint density at radius 1 is 0.538 bits per heavy atom. The molecule has 7 aliphatic rings. The summed E-state index contributed by atoms with van der Waals surface area (Å²) >= 11 is 8.42. The van der Waals surface area contributed by atoms with Gasteiger partial charge in [0.1, 0.15) is 78.2 Å². The zero-order valence-corrected chi connectivity index (χ0v) is 61.0. The number of aliphatic imine (C=N–C) groups is 3. The normalized spacial score (nSPS) is 31.2. The molecule has 0 saturated carbocycles. The van der Waals surface area contributed by atoms with Crippen molar-refractivity contribution >= 4 is 98.4 Å². The summed E-state index contributed by atoms with van der Waals surface area (Å²) in [6.07, 6.45) is 18.5. The largest absolute Gasteiger partial charge is 0.491 e. The monoisotopic (exact) mass is 1440 g/mol. The number of hydrogen-bond donors (Lipinski definition) is 10. The van der Waals surface area contributed by atoms with E-state index in [9.17, 15) is 35.7 Å². The van der Waals surface area contributed by atoms with Gasteiger partial charge in [0.2, 0.25) is 0 Å². The number of rotatable bonds is 19. The van der Waals surface area contributed by atoms with Crippen LogP contribution < -0.4 is 17.2 Å². The molecule has 7 aliphatic heterocycles. The number of methoxy groups -OCH3 is 3. The average molecular weight is 1440 g/mol. The molecule has 13 N–H and O–H groups in total. The number of aryl methyl sites for hydroxylation is 2. The van der Waals surface area contributed by atoms with E-state index in [1.165, 1.54) is 19.1 Å². The zero-order chi connectivity index (χ0) is 68.7. The third-order valence-corrected chi connectivity index (χ3v) is 22.6. The molecular weight excluding hydrogens is 1330 g/mol. The van der Waals surface area contributed by atoms with Crippen LogP contribution in [0.15, 0.2) is 93.0 Å². The summed E-state index contributed by atoms with van der Waals surface area (Å²) in [5.41, 5.74) is 18.7. The highest BCUT2D eigenvalue weighted by atomic mass is 79.9. The molecule has 25 nitrogen and oxygen atoms in total. The minimum atomic E-state index is -1.23. The summed E-state index contributed by atoms with van der Waals surface area (Å²) in [5, 5.41) is 72.3. The molecule has 8 heterocycles. The SMILES string of the molecule is C=C1N=C(N)C(Br)=CN1[C@@H]1O[C@H](CCP(=C)(C)C)[C@@H](O)[C@H]1O.C=C1N=C(N)C(OC)=CN1[C@@H]1O[C@H](CCP(=C)(C)C)[C@@H](O)[C@H]1O.C=C1N=C(N)C(OC)=CN1[C@@H]1O[C@H](CCP(=C)(C)C)[C@@H](O)[C@H]1OC.C=P(C)(C)CC[C@H]1O[C@@H](c2cn(C)c(=S)nc2C)[C@H](O)[C@@H]1O. The van der Waals surface area contributed by atoms with Gasteiger partial charge in [0.25, 0.3) is 0 Å². The van der Waals surface area contributed by atoms with Gasteiger partial charge in [-0.1, -0.05) is 19.7 Å². The first-order chi connectivity index (χ1) is 42.0. The minimum absolute atomic E-state index is 0.210. The van der Waals surface area contributed by atoms with Crippen LogP contribution in [0.25, 0.3) is 0 Å². The fraction of sp³-hybridized carbons (Fsp3) is 0.617. The Morgan fingerprint density at radius 3 is 1.26 bits per heavy atom. The van der Waals surface area contributed by atoms with Gasteiger partial charge in [0.05, 0.1) is 55.5 Å². The lowest BCUT2D eigenvalue weighted by molar-refractivity contribution is -0.0708. The second kappa shape index (κ2) is 32.4. The van der Waals surface area contributed by atoms with Gasteiger partial charge in [-0.2, -0.15) is 0 Å². The maximum atomic E-state index is 10.6. The molecule has 0 unspecified atom stereocenters. The van der Waals surface area contributed by atoms with Crippen LogP contribution in [0.1, 0.15) is 43.0 Å². The molecule has 91 heavy (non-hydrogen) atoms. The Kier molecular flexibility index (Phi) is 27.8. The van der Waals surface area contributed by atoms with Crippen LogP contribution in [0.2, 0.25) is 0 Å². The molecule has 0 amide bonds. The fourth-order valence-corrected chi connectivity index (χ4v) is 14.7. The summed E-state index contributed by atoms with van der Waals surface area (Å²) in [5.74, 6) is 2.66. The van der Waals surface area contributed by atoms with Gasteiger partial charge in [-0.05, 0) is 139 Å². The molecule has 31 heteroatoms. The van der Waals surface area contributed by atoms with E-state index in [2.05, 4.69) is 134 Å². The number of aromatic nitrogens is 2. The highest BCUT2D eigenvalue weighted by Gasteiger charge is 2.50. The number of nitrogens with zero attached hydrogens (tertiary/aromatic N) is 8. The van der Waals surface area contributed by atoms with Gasteiger partial charge in [-0.25, -0.2) is 20.0 Å². The van der Waals surface area contributed by atoms with Crippen molar-refractivity contribution in [2.24, 2.45) is 39.2 Å². The van der Waals surface area contributed by atoms with Gasteiger partial charge in [0, 0.05) is 37.8 Å². The molecule has 1 aromatic heterocycles. The van der Waals surface area contributed by atoms with Gasteiger partial charge in [-0.3, -0.25) is 0 Å². The van der Waals surface area contributed by atoms with E-state index in [4.69, 9.17) is 62.6 Å². The molecule has 0 spiro atoms. The topological polar surface area (TPSA) is 349 Å². The Hall–Kier alpha value is -3.65. The van der Waals surface area contributed by atoms with E-state index in [0.717, 1.165) is 42.3 Å². The molecule has 8 rings (SSSR count). The molecule has 514 valence electrons. The van der Waals surface area contributed by atoms with Crippen LogP contribution in [0.4, 0.5) is 0 Å². The van der Waals surface area contributed by atoms with E-state index in [0.29, 0.717) is 63.3 Å². The molecule has 0 bridgehead atoms. The van der Waals surface area contributed by atoms with Crippen LogP contribution in [-0.4, -0.2) is 294 Å². The van der Waals surface area contributed by atoms with Gasteiger partial charge >= 0.3 is 0 Å². The lowest BCUT2D eigenvalue weighted by Gasteiger charge is -2.32. The van der Waals surface area contributed by atoms with Crippen LogP contribution in [0, 0.1) is 11.7 Å². The minimum Gasteiger partial charge on any atom is -0.491 e. The zero-order valence-electron chi connectivity index (χ0n) is 55.0. The maximum absolute atomic E-state index is 10.6.